The van der Waals surface area contributed by atoms with E-state index in [0.29, 0.717) is 24.7 Å². The molecule has 0 aliphatic heterocycles. The molecule has 2 heterocycles. The van der Waals surface area contributed by atoms with E-state index in [1.165, 1.54) is 0 Å². The molecule has 0 radical (unpaired) electrons. The Labute approximate surface area is 127 Å². The summed E-state index contributed by atoms with van der Waals surface area (Å²) in [5.41, 5.74) is 0. The molecule has 114 valence electrons. The Kier molecular flexibility index (Phi) is 5.89. The van der Waals surface area contributed by atoms with Crippen LogP contribution in [0.4, 0.5) is 0 Å². The lowest BCUT2D eigenvalue weighted by atomic mass is 10.2. The molecule has 2 aromatic rings. The Morgan fingerprint density at radius 1 is 1.48 bits per heavy atom. The first-order valence-corrected chi connectivity index (χ1v) is 7.87. The molecule has 0 spiro atoms. The Morgan fingerprint density at radius 3 is 3.00 bits per heavy atom. The number of hydrogen-bond donors (Lipinski definition) is 1. The summed E-state index contributed by atoms with van der Waals surface area (Å²) in [4.78, 5) is 18.1. The van der Waals surface area contributed by atoms with Gasteiger partial charge in [-0.15, -0.1) is 11.3 Å². The molecule has 21 heavy (non-hydrogen) atoms. The lowest BCUT2D eigenvalue weighted by molar-refractivity contribution is -0.137. The average molecular weight is 309 g/mol. The zero-order valence-corrected chi connectivity index (χ0v) is 12.8. The van der Waals surface area contributed by atoms with Gasteiger partial charge in [0.05, 0.1) is 11.3 Å². The fourth-order valence-electron chi connectivity index (χ4n) is 2.00. The maximum atomic E-state index is 10.6. The number of carboxylic acids is 1. The van der Waals surface area contributed by atoms with Crippen molar-refractivity contribution in [3.05, 3.63) is 23.4 Å². The average Bonchev–Trinajstić information content (AvgIpc) is 3.12. The van der Waals surface area contributed by atoms with Crippen LogP contribution >= 0.6 is 11.3 Å². The van der Waals surface area contributed by atoms with E-state index < -0.39 is 5.97 Å². The molecular formula is C14H19N3O3S. The van der Waals surface area contributed by atoms with Gasteiger partial charge in [0.2, 0.25) is 11.7 Å². The number of rotatable bonds is 9. The summed E-state index contributed by atoms with van der Waals surface area (Å²) in [5, 5.41) is 14.6. The van der Waals surface area contributed by atoms with Crippen molar-refractivity contribution in [2.24, 2.45) is 0 Å². The summed E-state index contributed by atoms with van der Waals surface area (Å²) >= 11 is 1.58. The maximum Gasteiger partial charge on any atom is 0.304 e. The van der Waals surface area contributed by atoms with Gasteiger partial charge in [-0.2, -0.15) is 4.98 Å². The largest absolute Gasteiger partial charge is 0.481 e. The number of aliphatic carboxylic acids is 1. The monoisotopic (exact) mass is 309 g/mol. The van der Waals surface area contributed by atoms with Gasteiger partial charge in [0.25, 0.3) is 0 Å². The standard InChI is InChI=1S/C14H19N3O3S/c1-2-17(9-7-13(18)19)8-3-6-12-15-14(16-20-12)11-5-4-10-21-11/h4-5,10H,2-3,6-9H2,1H3,(H,18,19). The highest BCUT2D eigenvalue weighted by Crippen LogP contribution is 2.21. The summed E-state index contributed by atoms with van der Waals surface area (Å²) in [5.74, 6) is 0.511. The van der Waals surface area contributed by atoms with E-state index in [-0.39, 0.29) is 6.42 Å². The lowest BCUT2D eigenvalue weighted by Crippen LogP contribution is -2.27. The second kappa shape index (κ2) is 7.90. The minimum atomic E-state index is -0.758. The van der Waals surface area contributed by atoms with E-state index >= 15 is 0 Å². The smallest absolute Gasteiger partial charge is 0.304 e. The number of aryl methyl sites for hydroxylation is 1. The predicted octanol–water partition coefficient (Wildman–Crippen LogP) is 2.53. The summed E-state index contributed by atoms with van der Waals surface area (Å²) < 4.78 is 5.24. The molecule has 7 heteroatoms. The van der Waals surface area contributed by atoms with Gasteiger partial charge in [0, 0.05) is 13.0 Å². The topological polar surface area (TPSA) is 79.5 Å². The normalized spacial score (nSPS) is 11.1. The van der Waals surface area contributed by atoms with Gasteiger partial charge < -0.3 is 14.5 Å². The van der Waals surface area contributed by atoms with Crippen molar-refractivity contribution in [1.29, 1.82) is 0 Å². The highest BCUT2D eigenvalue weighted by molar-refractivity contribution is 7.13. The molecule has 6 nitrogen and oxygen atoms in total. The number of thiophene rings is 1. The van der Waals surface area contributed by atoms with Crippen LogP contribution in [-0.2, 0) is 11.2 Å². The molecule has 0 aromatic carbocycles. The molecule has 0 aliphatic carbocycles. The third-order valence-corrected chi connectivity index (χ3v) is 4.03. The third-order valence-electron chi connectivity index (χ3n) is 3.16. The fraction of sp³-hybridized carbons (Fsp3) is 0.500. The minimum Gasteiger partial charge on any atom is -0.481 e. The van der Waals surface area contributed by atoms with Crippen LogP contribution in [0.3, 0.4) is 0 Å². The van der Waals surface area contributed by atoms with Crippen molar-refractivity contribution in [2.75, 3.05) is 19.6 Å². The molecule has 0 fully saturated rings. The number of aromatic nitrogens is 2. The van der Waals surface area contributed by atoms with Crippen LogP contribution in [0.15, 0.2) is 22.0 Å². The quantitative estimate of drug-likeness (QED) is 0.766. The Hall–Kier alpha value is -1.73. The first kappa shape index (κ1) is 15.7. The van der Waals surface area contributed by atoms with Crippen molar-refractivity contribution >= 4 is 17.3 Å². The Morgan fingerprint density at radius 2 is 2.33 bits per heavy atom. The second-order valence-electron chi connectivity index (χ2n) is 4.67. The molecule has 0 atom stereocenters. The van der Waals surface area contributed by atoms with E-state index in [1.807, 2.05) is 24.4 Å². The van der Waals surface area contributed by atoms with Crippen LogP contribution in [0.25, 0.3) is 10.7 Å². The maximum absolute atomic E-state index is 10.6. The molecule has 0 saturated heterocycles. The number of nitrogens with zero attached hydrogens (tertiary/aromatic N) is 3. The number of hydrogen-bond acceptors (Lipinski definition) is 6. The molecule has 2 rings (SSSR count). The van der Waals surface area contributed by atoms with Gasteiger partial charge in [0.15, 0.2) is 0 Å². The molecule has 0 bridgehead atoms. The van der Waals surface area contributed by atoms with Crippen molar-refractivity contribution in [2.45, 2.75) is 26.2 Å². The summed E-state index contributed by atoms with van der Waals surface area (Å²) in [6.07, 6.45) is 1.76. The van der Waals surface area contributed by atoms with Gasteiger partial charge in [-0.1, -0.05) is 18.1 Å². The predicted molar refractivity (Wildman–Crippen MR) is 80.3 cm³/mol. The zero-order chi connectivity index (χ0) is 15.1. The number of carboxylic acid groups (broad SMARTS) is 1. The van der Waals surface area contributed by atoms with Gasteiger partial charge in [-0.3, -0.25) is 4.79 Å². The fourth-order valence-corrected chi connectivity index (χ4v) is 2.65. The highest BCUT2D eigenvalue weighted by Gasteiger charge is 2.10. The second-order valence-corrected chi connectivity index (χ2v) is 5.62. The molecular weight excluding hydrogens is 290 g/mol. The summed E-state index contributed by atoms with van der Waals surface area (Å²) in [7, 11) is 0. The molecule has 0 unspecified atom stereocenters. The first-order chi connectivity index (χ1) is 10.2. The molecule has 1 N–H and O–H groups in total. The van der Waals surface area contributed by atoms with E-state index in [0.717, 1.165) is 24.4 Å². The van der Waals surface area contributed by atoms with Crippen molar-refractivity contribution in [3.8, 4) is 10.7 Å². The van der Waals surface area contributed by atoms with Crippen LogP contribution in [-0.4, -0.2) is 45.8 Å². The van der Waals surface area contributed by atoms with Gasteiger partial charge >= 0.3 is 5.97 Å². The molecule has 0 saturated carbocycles. The molecule has 2 aromatic heterocycles. The van der Waals surface area contributed by atoms with Crippen LogP contribution in [0.2, 0.25) is 0 Å². The summed E-state index contributed by atoms with van der Waals surface area (Å²) in [6.45, 7) is 4.29. The third kappa shape index (κ3) is 4.95. The highest BCUT2D eigenvalue weighted by atomic mass is 32.1. The Balaban J connectivity index is 1.76. The molecule has 0 amide bonds. The van der Waals surface area contributed by atoms with E-state index in [1.54, 1.807) is 11.3 Å². The first-order valence-electron chi connectivity index (χ1n) is 6.99. The SMILES string of the molecule is CCN(CCCc1nc(-c2cccs2)no1)CCC(=O)O. The van der Waals surface area contributed by atoms with Crippen LogP contribution in [0.1, 0.15) is 25.7 Å². The molecule has 0 aliphatic rings. The minimum absolute atomic E-state index is 0.178. The van der Waals surface area contributed by atoms with E-state index in [4.69, 9.17) is 9.63 Å². The van der Waals surface area contributed by atoms with Crippen molar-refractivity contribution < 1.29 is 14.4 Å². The van der Waals surface area contributed by atoms with Crippen molar-refractivity contribution in [3.63, 3.8) is 0 Å². The van der Waals surface area contributed by atoms with Crippen LogP contribution in [0.5, 0.6) is 0 Å². The van der Waals surface area contributed by atoms with E-state index in [2.05, 4.69) is 15.0 Å². The van der Waals surface area contributed by atoms with E-state index in [9.17, 15) is 4.79 Å². The lowest BCUT2D eigenvalue weighted by Gasteiger charge is -2.18. The summed E-state index contributed by atoms with van der Waals surface area (Å²) in [6, 6.07) is 3.92. The Bertz CT molecular complexity index is 554. The zero-order valence-electron chi connectivity index (χ0n) is 12.0. The van der Waals surface area contributed by atoms with Gasteiger partial charge in [0.1, 0.15) is 0 Å². The number of carbonyl (C=O) groups is 1. The van der Waals surface area contributed by atoms with Crippen molar-refractivity contribution in [1.82, 2.24) is 15.0 Å². The van der Waals surface area contributed by atoms with Crippen LogP contribution < -0.4 is 0 Å². The van der Waals surface area contributed by atoms with Crippen LogP contribution in [0, 0.1) is 0 Å². The van der Waals surface area contributed by atoms with Gasteiger partial charge in [-0.05, 0) is 31.0 Å². The van der Waals surface area contributed by atoms with Gasteiger partial charge in [-0.25, -0.2) is 0 Å².